The fourth-order valence-corrected chi connectivity index (χ4v) is 10.4. The zero-order chi connectivity index (χ0) is 46.1. The average molecular weight is 889 g/mol. The fourth-order valence-electron chi connectivity index (χ4n) is 10.4. The molecule has 2 unspecified atom stereocenters. The predicted octanol–water partition coefficient (Wildman–Crippen LogP) is 17.1. The van der Waals surface area contributed by atoms with E-state index in [2.05, 4.69) is 275 Å². The van der Waals surface area contributed by atoms with Crippen LogP contribution in [0.3, 0.4) is 0 Å². The average Bonchev–Trinajstić information content (AvgIpc) is 4.20. The van der Waals surface area contributed by atoms with Crippen LogP contribution in [0.25, 0.3) is 45.4 Å². The third kappa shape index (κ3) is 8.00. The Kier molecular flexibility index (Phi) is 11.0. The van der Waals surface area contributed by atoms with Crippen LogP contribution in [0.1, 0.15) is 35.1 Å². The molecule has 0 spiro atoms. The van der Waals surface area contributed by atoms with Crippen LogP contribution in [0.4, 0.5) is 34.1 Å². The first-order valence-electron chi connectivity index (χ1n) is 24.2. The minimum Gasteiger partial charge on any atom is -0.318 e. The normalized spacial score (nSPS) is 16.8. The fraction of sp³-hybridized carbons (Fsp3) is 0.0769. The van der Waals surface area contributed by atoms with Gasteiger partial charge in [-0.1, -0.05) is 152 Å². The van der Waals surface area contributed by atoms with Crippen molar-refractivity contribution in [2.45, 2.75) is 19.3 Å². The van der Waals surface area contributed by atoms with Crippen LogP contribution in [-0.4, -0.2) is 4.57 Å². The summed E-state index contributed by atoms with van der Waals surface area (Å²) < 4.78 is 2.38. The highest BCUT2D eigenvalue weighted by Gasteiger charge is 2.36. The molecule has 4 nitrogen and oxygen atoms in total. The molecule has 4 heteroatoms. The summed E-state index contributed by atoms with van der Waals surface area (Å²) in [6.07, 6.45) is 34.2. The number of hydrogen-bond acceptors (Lipinski definition) is 3. The van der Waals surface area contributed by atoms with E-state index in [0.717, 1.165) is 74.5 Å². The number of anilines is 6. The molecule has 0 saturated heterocycles. The standard InChI is InChI=1S/C65H52N4/c1-2-51(31-20-42-66(52-25-8-4-9-26-52)55-37-36-49-43-50(49)44-55)69-64-40-38-56(67(53-27-10-5-11-28-53)62-34-18-16-23-47-22-15-17-33-59(47)62)45-60(64)61-46-57(39-41-65(61)69)68(54-29-12-6-13-30-54)63-35-19-24-48-21-7-3-14-32-58(48)63/h2-17,19-31,33-42,44-46,49-50H,1,18,32,43H2/b42-20+,51-31+. The Morgan fingerprint density at radius 3 is 1.97 bits per heavy atom. The van der Waals surface area contributed by atoms with Crippen LogP contribution in [0, 0.1) is 11.8 Å². The van der Waals surface area contributed by atoms with Crippen LogP contribution in [0.15, 0.2) is 255 Å². The molecule has 1 heterocycles. The molecular weight excluding hydrogens is 837 g/mol. The highest BCUT2D eigenvalue weighted by Crippen LogP contribution is 2.47. The molecule has 0 amide bonds. The number of para-hydroxylation sites is 3. The van der Waals surface area contributed by atoms with Crippen LogP contribution >= 0.6 is 0 Å². The van der Waals surface area contributed by atoms with Gasteiger partial charge in [0.15, 0.2) is 0 Å². The Bertz CT molecular complexity index is 3500. The molecule has 1 aromatic heterocycles. The highest BCUT2D eigenvalue weighted by molar-refractivity contribution is 6.13. The van der Waals surface area contributed by atoms with Gasteiger partial charge < -0.3 is 19.3 Å². The number of benzene rings is 7. The molecule has 8 aromatic rings. The minimum atomic E-state index is 0.627. The Balaban J connectivity index is 1.06. The van der Waals surface area contributed by atoms with Crippen molar-refractivity contribution in [3.05, 3.63) is 277 Å². The van der Waals surface area contributed by atoms with E-state index >= 15 is 0 Å². The monoisotopic (exact) mass is 888 g/mol. The van der Waals surface area contributed by atoms with Crippen molar-refractivity contribution < 1.29 is 0 Å². The summed E-state index contributed by atoms with van der Waals surface area (Å²) in [5.74, 6) is 1.31. The van der Waals surface area contributed by atoms with E-state index < -0.39 is 0 Å². The lowest BCUT2D eigenvalue weighted by molar-refractivity contribution is 0.949. The molecule has 12 rings (SSSR count). The Morgan fingerprint density at radius 2 is 1.25 bits per heavy atom. The van der Waals surface area contributed by atoms with Crippen molar-refractivity contribution in [3.8, 4) is 0 Å². The molecule has 0 N–H and O–H groups in total. The largest absolute Gasteiger partial charge is 0.318 e. The van der Waals surface area contributed by atoms with Gasteiger partial charge in [-0.25, -0.2) is 0 Å². The maximum absolute atomic E-state index is 4.44. The van der Waals surface area contributed by atoms with Gasteiger partial charge in [0, 0.05) is 62.4 Å². The zero-order valence-electron chi connectivity index (χ0n) is 38.5. The van der Waals surface area contributed by atoms with E-state index in [-0.39, 0.29) is 0 Å². The molecule has 69 heavy (non-hydrogen) atoms. The van der Waals surface area contributed by atoms with Gasteiger partial charge >= 0.3 is 0 Å². The van der Waals surface area contributed by atoms with Crippen LogP contribution in [-0.2, 0) is 6.42 Å². The van der Waals surface area contributed by atoms with Gasteiger partial charge in [-0.15, -0.1) is 0 Å². The van der Waals surface area contributed by atoms with Crippen LogP contribution < -0.4 is 14.7 Å². The van der Waals surface area contributed by atoms with Gasteiger partial charge in [-0.05, 0) is 151 Å². The molecule has 7 aromatic carbocycles. The van der Waals surface area contributed by atoms with Crippen molar-refractivity contribution in [2.75, 3.05) is 14.7 Å². The second-order valence-corrected chi connectivity index (χ2v) is 18.1. The summed E-state index contributed by atoms with van der Waals surface area (Å²) in [5.41, 5.74) is 17.2. The van der Waals surface area contributed by atoms with E-state index in [1.165, 1.54) is 40.1 Å². The van der Waals surface area contributed by atoms with E-state index in [4.69, 9.17) is 0 Å². The molecule has 332 valence electrons. The second-order valence-electron chi connectivity index (χ2n) is 18.1. The number of hydrogen-bond donors (Lipinski definition) is 0. The minimum absolute atomic E-state index is 0.627. The van der Waals surface area contributed by atoms with Gasteiger partial charge in [0.1, 0.15) is 0 Å². The lowest BCUT2D eigenvalue weighted by Gasteiger charge is -2.29. The molecule has 2 atom stereocenters. The van der Waals surface area contributed by atoms with Gasteiger partial charge in [0.05, 0.1) is 22.4 Å². The smallest absolute Gasteiger partial charge is 0.0542 e. The van der Waals surface area contributed by atoms with E-state index in [0.29, 0.717) is 11.8 Å². The summed E-state index contributed by atoms with van der Waals surface area (Å²) in [4.78, 5) is 7.16. The summed E-state index contributed by atoms with van der Waals surface area (Å²) in [7, 11) is 0. The predicted molar refractivity (Wildman–Crippen MR) is 294 cm³/mol. The topological polar surface area (TPSA) is 14.7 Å². The SMILES string of the molecule is C=C/C(=C\C=C\N(C1=CC2CC2C=C1)c1ccccc1)n1c2ccc(N(C3=CCC=Cc4ccccc43)c3ccccc3)cc2c2cc(N(c3ccccc3)c3cccc4c3CC=CC=C4)ccc21. The molecule has 4 aliphatic rings. The number of rotatable bonds is 12. The molecule has 4 aliphatic carbocycles. The quantitative estimate of drug-likeness (QED) is 0.114. The number of fused-ring (bicyclic) bond motifs is 6. The molecule has 0 bridgehead atoms. The second kappa shape index (κ2) is 18.2. The van der Waals surface area contributed by atoms with Gasteiger partial charge in [-0.2, -0.15) is 0 Å². The molecule has 1 saturated carbocycles. The summed E-state index contributed by atoms with van der Waals surface area (Å²) >= 11 is 0. The summed E-state index contributed by atoms with van der Waals surface area (Å²) in [6, 6.07) is 61.6. The molecule has 0 radical (unpaired) electrons. The first-order valence-corrected chi connectivity index (χ1v) is 24.2. The number of aromatic nitrogens is 1. The van der Waals surface area contributed by atoms with Crippen LogP contribution in [0.5, 0.6) is 0 Å². The zero-order valence-corrected chi connectivity index (χ0v) is 38.5. The Hall–Kier alpha value is -8.60. The van der Waals surface area contributed by atoms with Crippen LogP contribution in [0.2, 0.25) is 0 Å². The molecule has 0 aliphatic heterocycles. The first kappa shape index (κ1) is 41.8. The van der Waals surface area contributed by atoms with E-state index in [1.807, 2.05) is 6.08 Å². The van der Waals surface area contributed by atoms with Crippen molar-refractivity contribution in [3.63, 3.8) is 0 Å². The van der Waals surface area contributed by atoms with Crippen molar-refractivity contribution in [2.24, 2.45) is 11.8 Å². The Morgan fingerprint density at radius 1 is 0.580 bits per heavy atom. The number of nitrogens with zero attached hydrogens (tertiary/aromatic N) is 4. The van der Waals surface area contributed by atoms with E-state index in [1.54, 1.807) is 0 Å². The van der Waals surface area contributed by atoms with Crippen molar-refractivity contribution in [1.29, 1.82) is 0 Å². The molecular formula is C65H52N4. The van der Waals surface area contributed by atoms with Gasteiger partial charge in [0.25, 0.3) is 0 Å². The maximum atomic E-state index is 4.44. The lowest BCUT2D eigenvalue weighted by atomic mass is 10.0. The van der Waals surface area contributed by atoms with Crippen molar-refractivity contribution in [1.82, 2.24) is 4.57 Å². The summed E-state index contributed by atoms with van der Waals surface area (Å²) in [6.45, 7) is 4.44. The van der Waals surface area contributed by atoms with Crippen molar-refractivity contribution >= 4 is 79.5 Å². The first-order chi connectivity index (χ1) is 34.2. The highest BCUT2D eigenvalue weighted by atomic mass is 15.2. The third-order valence-electron chi connectivity index (χ3n) is 13.8. The third-order valence-corrected chi connectivity index (χ3v) is 13.8. The Labute approximate surface area is 405 Å². The maximum Gasteiger partial charge on any atom is 0.0542 e. The van der Waals surface area contributed by atoms with Gasteiger partial charge in [0.2, 0.25) is 0 Å². The lowest BCUT2D eigenvalue weighted by Crippen LogP contribution is -2.16. The summed E-state index contributed by atoms with van der Waals surface area (Å²) in [5, 5.41) is 2.30. The van der Waals surface area contributed by atoms with E-state index in [9.17, 15) is 0 Å². The molecule has 1 fully saturated rings. The van der Waals surface area contributed by atoms with Gasteiger partial charge in [-0.3, -0.25) is 0 Å². The number of allylic oxidation sites excluding steroid dienone is 12.